The maximum Gasteiger partial charge on any atom is 0.255 e. The van der Waals surface area contributed by atoms with Crippen LogP contribution in [-0.2, 0) is 13.0 Å². The van der Waals surface area contributed by atoms with Crippen LogP contribution in [0.5, 0.6) is 0 Å². The first-order valence-electron chi connectivity index (χ1n) is 10.6. The van der Waals surface area contributed by atoms with Crippen molar-refractivity contribution in [2.45, 2.75) is 45.3 Å². The van der Waals surface area contributed by atoms with Crippen LogP contribution in [0.25, 0.3) is 0 Å². The number of nitrogens with zero attached hydrogens (tertiary/aromatic N) is 4. The van der Waals surface area contributed by atoms with E-state index in [1.165, 1.54) is 5.56 Å². The summed E-state index contributed by atoms with van der Waals surface area (Å²) in [7, 11) is 0. The summed E-state index contributed by atoms with van der Waals surface area (Å²) in [4.78, 5) is 25.8. The van der Waals surface area contributed by atoms with Crippen LogP contribution in [0.4, 0.5) is 0 Å². The molecule has 4 rings (SSSR count). The molecule has 0 radical (unpaired) electrons. The molecule has 0 aromatic carbocycles. The van der Waals surface area contributed by atoms with E-state index in [-0.39, 0.29) is 11.3 Å². The number of likely N-dealkylation sites (tertiary alicyclic amines) is 2. The summed E-state index contributed by atoms with van der Waals surface area (Å²) in [5.74, 6) is -0.0288. The third kappa shape index (κ3) is 4.65. The highest BCUT2D eigenvalue weighted by Crippen LogP contribution is 2.40. The Balaban J connectivity index is 1.38. The fourth-order valence-electron chi connectivity index (χ4n) is 4.71. The number of aliphatic hydroxyl groups excluding tert-OH is 1. The third-order valence-electron chi connectivity index (χ3n) is 6.42. The van der Waals surface area contributed by atoms with Gasteiger partial charge < -0.3 is 10.0 Å². The van der Waals surface area contributed by atoms with Gasteiger partial charge in [0.15, 0.2) is 0 Å². The van der Waals surface area contributed by atoms with Crippen molar-refractivity contribution in [1.29, 1.82) is 0 Å². The van der Waals surface area contributed by atoms with Crippen LogP contribution in [0.3, 0.4) is 0 Å². The molecule has 1 unspecified atom stereocenters. The molecule has 2 aromatic rings. The van der Waals surface area contributed by atoms with Gasteiger partial charge in [0.25, 0.3) is 5.91 Å². The number of aromatic nitrogens is 2. The number of hydrogen-bond acceptors (Lipinski definition) is 5. The molecule has 0 aliphatic carbocycles. The number of rotatable bonds is 4. The number of carbonyl (C=O) groups is 1. The molecule has 6 heteroatoms. The second-order valence-electron chi connectivity index (χ2n) is 8.57. The second kappa shape index (κ2) is 8.59. The van der Waals surface area contributed by atoms with Gasteiger partial charge in [-0.05, 0) is 68.0 Å². The van der Waals surface area contributed by atoms with Crippen LogP contribution in [0.2, 0.25) is 0 Å². The normalized spacial score (nSPS) is 22.0. The molecular weight excluding hydrogens is 364 g/mol. The Morgan fingerprint density at radius 1 is 1.24 bits per heavy atom. The quantitative estimate of drug-likeness (QED) is 0.863. The van der Waals surface area contributed by atoms with Crippen molar-refractivity contribution in [2.24, 2.45) is 5.41 Å². The summed E-state index contributed by atoms with van der Waals surface area (Å²) in [6.45, 7) is 6.07. The zero-order valence-electron chi connectivity index (χ0n) is 17.1. The van der Waals surface area contributed by atoms with E-state index in [9.17, 15) is 9.90 Å². The van der Waals surface area contributed by atoms with E-state index in [1.54, 1.807) is 24.5 Å². The van der Waals surface area contributed by atoms with Gasteiger partial charge in [-0.2, -0.15) is 0 Å². The topological polar surface area (TPSA) is 69.6 Å². The van der Waals surface area contributed by atoms with Crippen molar-refractivity contribution in [3.05, 3.63) is 59.7 Å². The number of aliphatic hydroxyl groups is 1. The van der Waals surface area contributed by atoms with Gasteiger partial charge in [0, 0.05) is 38.2 Å². The molecule has 1 N–H and O–H groups in total. The number of amides is 1. The van der Waals surface area contributed by atoms with Gasteiger partial charge in [-0.15, -0.1) is 0 Å². The van der Waals surface area contributed by atoms with Gasteiger partial charge >= 0.3 is 0 Å². The molecule has 1 amide bonds. The lowest BCUT2D eigenvalue weighted by Gasteiger charge is -2.49. The molecule has 2 aliphatic heterocycles. The largest absolute Gasteiger partial charge is 0.391 e. The third-order valence-corrected chi connectivity index (χ3v) is 6.42. The molecule has 29 heavy (non-hydrogen) atoms. The lowest BCUT2D eigenvalue weighted by Crippen LogP contribution is -2.55. The minimum absolute atomic E-state index is 0.00549. The highest BCUT2D eigenvalue weighted by atomic mass is 16.3. The van der Waals surface area contributed by atoms with E-state index in [0.717, 1.165) is 57.6 Å². The van der Waals surface area contributed by atoms with E-state index in [1.807, 2.05) is 11.1 Å². The summed E-state index contributed by atoms with van der Waals surface area (Å²) >= 11 is 0. The van der Waals surface area contributed by atoms with Crippen molar-refractivity contribution in [3.8, 4) is 0 Å². The average Bonchev–Trinajstić information content (AvgIpc) is 2.76. The van der Waals surface area contributed by atoms with E-state index in [2.05, 4.69) is 33.9 Å². The minimum Gasteiger partial charge on any atom is -0.391 e. The number of carbonyl (C=O) groups excluding carboxylic acids is 1. The highest BCUT2D eigenvalue weighted by molar-refractivity contribution is 5.94. The number of piperidine rings is 2. The summed E-state index contributed by atoms with van der Waals surface area (Å²) in [6, 6.07) is 7.86. The molecule has 6 nitrogen and oxygen atoms in total. The molecule has 0 saturated carbocycles. The van der Waals surface area contributed by atoms with Crippen molar-refractivity contribution >= 4 is 5.91 Å². The Kier molecular flexibility index (Phi) is 5.92. The first-order valence-corrected chi connectivity index (χ1v) is 10.6. The monoisotopic (exact) mass is 394 g/mol. The molecule has 2 aliphatic rings. The Morgan fingerprint density at radius 2 is 2.07 bits per heavy atom. The number of β-amino-alcohol motifs (C(OH)–C–C–N with tert-alkyl or cyclic N) is 1. The molecule has 154 valence electrons. The molecule has 0 bridgehead atoms. The van der Waals surface area contributed by atoms with Crippen molar-refractivity contribution in [3.63, 3.8) is 0 Å². The van der Waals surface area contributed by atoms with Crippen molar-refractivity contribution < 1.29 is 9.90 Å². The van der Waals surface area contributed by atoms with Crippen LogP contribution in [0.1, 0.15) is 47.8 Å². The Hall–Kier alpha value is -2.31. The molecule has 4 heterocycles. The van der Waals surface area contributed by atoms with Crippen LogP contribution >= 0.6 is 0 Å². The summed E-state index contributed by atoms with van der Waals surface area (Å²) in [5, 5.41) is 10.5. The Morgan fingerprint density at radius 3 is 2.72 bits per heavy atom. The zero-order chi connectivity index (χ0) is 20.3. The van der Waals surface area contributed by atoms with Crippen molar-refractivity contribution in [2.75, 3.05) is 26.2 Å². The average molecular weight is 395 g/mol. The van der Waals surface area contributed by atoms with E-state index in [4.69, 9.17) is 0 Å². The van der Waals surface area contributed by atoms with Crippen LogP contribution in [0.15, 0.2) is 42.9 Å². The Labute approximate surface area is 172 Å². The van der Waals surface area contributed by atoms with E-state index in [0.29, 0.717) is 12.1 Å². The summed E-state index contributed by atoms with van der Waals surface area (Å²) in [6.07, 6.45) is 8.57. The lowest BCUT2D eigenvalue weighted by molar-refractivity contribution is -0.0338. The number of aryl methyl sites for hydroxylation is 1. The predicted molar refractivity (Wildman–Crippen MR) is 111 cm³/mol. The number of hydrogen-bond donors (Lipinski definition) is 1. The van der Waals surface area contributed by atoms with Gasteiger partial charge in [-0.1, -0.05) is 13.0 Å². The molecule has 2 saturated heterocycles. The molecule has 2 aromatic heterocycles. The minimum atomic E-state index is -0.459. The van der Waals surface area contributed by atoms with Gasteiger partial charge in [0.2, 0.25) is 0 Å². The highest BCUT2D eigenvalue weighted by Gasteiger charge is 2.43. The standard InChI is InChI=1S/C23H30N4O2/c1-2-18-5-6-20(25-13-18)15-26-10-7-23(8-11-26)12-21(28)16-27(17-23)22(29)19-4-3-9-24-14-19/h3-6,9,13-14,21,28H,2,7-8,10-12,15-17H2,1H3. The second-order valence-corrected chi connectivity index (χ2v) is 8.57. The van der Waals surface area contributed by atoms with Gasteiger partial charge in [-0.25, -0.2) is 0 Å². The van der Waals surface area contributed by atoms with Gasteiger partial charge in [-0.3, -0.25) is 19.7 Å². The fourth-order valence-corrected chi connectivity index (χ4v) is 4.71. The molecule has 1 atom stereocenters. The Bertz CT molecular complexity index is 817. The summed E-state index contributed by atoms with van der Waals surface area (Å²) in [5.41, 5.74) is 2.97. The maximum atomic E-state index is 12.9. The van der Waals surface area contributed by atoms with E-state index < -0.39 is 6.10 Å². The number of pyridine rings is 2. The van der Waals surface area contributed by atoms with Gasteiger partial charge in [0.05, 0.1) is 17.4 Å². The molecule has 1 spiro atoms. The molecular formula is C23H30N4O2. The first kappa shape index (κ1) is 20.0. The van der Waals surface area contributed by atoms with Crippen molar-refractivity contribution in [1.82, 2.24) is 19.8 Å². The first-order chi connectivity index (χ1) is 14.1. The predicted octanol–water partition coefficient (Wildman–Crippen LogP) is 2.53. The van der Waals surface area contributed by atoms with Gasteiger partial charge in [0.1, 0.15) is 0 Å². The van der Waals surface area contributed by atoms with Crippen LogP contribution in [-0.4, -0.2) is 63.1 Å². The smallest absolute Gasteiger partial charge is 0.255 e. The SMILES string of the molecule is CCc1ccc(CN2CCC3(CC2)CC(O)CN(C(=O)c2cccnc2)C3)nc1. The summed E-state index contributed by atoms with van der Waals surface area (Å²) < 4.78 is 0. The lowest BCUT2D eigenvalue weighted by atomic mass is 9.71. The van der Waals surface area contributed by atoms with Crippen LogP contribution < -0.4 is 0 Å². The fraction of sp³-hybridized carbons (Fsp3) is 0.522. The van der Waals surface area contributed by atoms with Crippen LogP contribution in [0, 0.1) is 5.41 Å². The van der Waals surface area contributed by atoms with E-state index >= 15 is 0 Å². The zero-order valence-corrected chi connectivity index (χ0v) is 17.1. The molecule has 2 fully saturated rings. The maximum absolute atomic E-state index is 12.9.